The number of halogens is 1. The van der Waals surface area contributed by atoms with E-state index in [2.05, 4.69) is 14.7 Å². The van der Waals surface area contributed by atoms with Crippen molar-refractivity contribution in [2.45, 2.75) is 0 Å². The number of carbonyl (C=O) groups excluding carboxylic acids is 1. The quantitative estimate of drug-likeness (QED) is 0.601. The lowest BCUT2D eigenvalue weighted by Gasteiger charge is -1.93. The van der Waals surface area contributed by atoms with Crippen LogP contribution in [0.2, 0.25) is 0 Å². The zero-order valence-corrected chi connectivity index (χ0v) is 6.64. The molecule has 0 unspecified atom stereocenters. The Morgan fingerprint density at radius 2 is 2.45 bits per heavy atom. The van der Waals surface area contributed by atoms with Crippen molar-refractivity contribution in [3.8, 4) is 0 Å². The molecule has 0 radical (unpaired) electrons. The van der Waals surface area contributed by atoms with Gasteiger partial charge in [-0.25, -0.2) is 9.78 Å². The smallest absolute Gasteiger partial charge is 0.358 e. The number of ether oxygens (including phenoxy) is 1. The lowest BCUT2D eigenvalue weighted by Crippen LogP contribution is -2.04. The van der Waals surface area contributed by atoms with Gasteiger partial charge in [-0.1, -0.05) is 0 Å². The monoisotopic (exact) mass is 177 g/mol. The number of nitrogens with one attached hydrogen (secondary N) is 1. The van der Waals surface area contributed by atoms with Crippen LogP contribution in [0.25, 0.3) is 0 Å². The van der Waals surface area contributed by atoms with E-state index in [0.29, 0.717) is 0 Å². The number of rotatable bonds is 1. The van der Waals surface area contributed by atoms with Crippen LogP contribution in [0.1, 0.15) is 10.5 Å². The number of hydrogen-bond donors (Lipinski definition) is 2. The Balaban J connectivity index is 0.000001000. The lowest BCUT2D eigenvalue weighted by atomic mass is 10.4. The Labute approximate surface area is 69.4 Å². The molecule has 0 spiro atoms. The molecule has 0 amide bonds. The molecule has 0 aliphatic carbocycles. The van der Waals surface area contributed by atoms with Crippen molar-refractivity contribution in [1.82, 2.24) is 9.97 Å². The normalized spacial score (nSPS) is 8.45. The third kappa shape index (κ3) is 1.84. The van der Waals surface area contributed by atoms with Gasteiger partial charge in [0.2, 0.25) is 0 Å². The van der Waals surface area contributed by atoms with Crippen molar-refractivity contribution in [2.24, 2.45) is 0 Å². The van der Waals surface area contributed by atoms with Crippen LogP contribution < -0.4 is 5.73 Å². The van der Waals surface area contributed by atoms with Crippen LogP contribution in [0.5, 0.6) is 0 Å². The van der Waals surface area contributed by atoms with Crippen LogP contribution in [0.3, 0.4) is 0 Å². The van der Waals surface area contributed by atoms with Crippen molar-refractivity contribution < 1.29 is 9.53 Å². The predicted molar refractivity (Wildman–Crippen MR) is 41.6 cm³/mol. The molecule has 62 valence electrons. The SMILES string of the molecule is COC(=O)c1[nH]cnc1N.Cl. The molecule has 5 nitrogen and oxygen atoms in total. The highest BCUT2D eigenvalue weighted by Crippen LogP contribution is 2.04. The van der Waals surface area contributed by atoms with Crippen molar-refractivity contribution in [3.63, 3.8) is 0 Å². The third-order valence-electron chi connectivity index (χ3n) is 1.06. The molecule has 0 saturated heterocycles. The molecule has 0 aliphatic rings. The summed E-state index contributed by atoms with van der Waals surface area (Å²) in [5.41, 5.74) is 5.47. The van der Waals surface area contributed by atoms with Crippen LogP contribution in [-0.4, -0.2) is 23.0 Å². The zero-order chi connectivity index (χ0) is 7.56. The summed E-state index contributed by atoms with van der Waals surface area (Å²) in [5.74, 6) is -0.346. The number of esters is 1. The number of hydrogen-bond acceptors (Lipinski definition) is 4. The van der Waals surface area contributed by atoms with E-state index in [1.54, 1.807) is 0 Å². The van der Waals surface area contributed by atoms with Gasteiger partial charge in [0.1, 0.15) is 0 Å². The van der Waals surface area contributed by atoms with Gasteiger partial charge in [0.05, 0.1) is 13.4 Å². The van der Waals surface area contributed by atoms with E-state index in [4.69, 9.17) is 5.73 Å². The third-order valence-corrected chi connectivity index (χ3v) is 1.06. The first kappa shape index (κ1) is 9.77. The molecule has 1 heterocycles. The Morgan fingerprint density at radius 3 is 2.82 bits per heavy atom. The number of nitrogens with zero attached hydrogens (tertiary/aromatic N) is 1. The number of aromatic amines is 1. The van der Waals surface area contributed by atoms with Gasteiger partial charge in [0, 0.05) is 0 Å². The molecule has 1 aromatic rings. The fourth-order valence-corrected chi connectivity index (χ4v) is 0.570. The molecule has 6 heteroatoms. The second kappa shape index (κ2) is 3.82. The molecule has 0 saturated carbocycles. The lowest BCUT2D eigenvalue weighted by molar-refractivity contribution is 0.0596. The predicted octanol–water partition coefficient (Wildman–Crippen LogP) is 0.200. The molecular weight excluding hydrogens is 170 g/mol. The summed E-state index contributed by atoms with van der Waals surface area (Å²) < 4.78 is 4.39. The average molecular weight is 178 g/mol. The number of nitrogens with two attached hydrogens (primary N) is 1. The topological polar surface area (TPSA) is 81.0 Å². The molecule has 0 atom stereocenters. The van der Waals surface area contributed by atoms with E-state index in [-0.39, 0.29) is 23.9 Å². The van der Waals surface area contributed by atoms with Crippen molar-refractivity contribution in [2.75, 3.05) is 12.8 Å². The number of H-pyrrole nitrogens is 1. The number of nitrogen functional groups attached to an aromatic ring is 1. The molecular formula is C5H8ClN3O2. The average Bonchev–Trinajstić information content (AvgIpc) is 2.34. The highest BCUT2D eigenvalue weighted by Gasteiger charge is 2.10. The van der Waals surface area contributed by atoms with Crippen molar-refractivity contribution in [1.29, 1.82) is 0 Å². The summed E-state index contributed by atoms with van der Waals surface area (Å²) in [6, 6.07) is 0. The first-order valence-electron chi connectivity index (χ1n) is 2.63. The summed E-state index contributed by atoms with van der Waals surface area (Å²) in [6.45, 7) is 0. The molecule has 0 aliphatic heterocycles. The highest BCUT2D eigenvalue weighted by molar-refractivity contribution is 5.91. The maximum atomic E-state index is 10.7. The van der Waals surface area contributed by atoms with Gasteiger partial charge in [-0.05, 0) is 0 Å². The maximum absolute atomic E-state index is 10.7. The summed E-state index contributed by atoms with van der Waals surface area (Å²) in [5, 5.41) is 0. The van der Waals surface area contributed by atoms with E-state index in [1.165, 1.54) is 13.4 Å². The van der Waals surface area contributed by atoms with Crippen LogP contribution in [0.15, 0.2) is 6.33 Å². The number of carbonyl (C=O) groups is 1. The Hall–Kier alpha value is -1.23. The van der Waals surface area contributed by atoms with Crippen LogP contribution in [0, 0.1) is 0 Å². The summed E-state index contributed by atoms with van der Waals surface area (Å²) in [4.78, 5) is 16.9. The standard InChI is InChI=1S/C5H7N3O2.ClH/c1-10-5(9)3-4(6)8-2-7-3;/h2H,6H2,1H3,(H,7,8);1H. The molecule has 0 bridgehead atoms. The highest BCUT2D eigenvalue weighted by atomic mass is 35.5. The number of methoxy groups -OCH3 is 1. The first-order chi connectivity index (χ1) is 4.75. The largest absolute Gasteiger partial charge is 0.464 e. The van der Waals surface area contributed by atoms with Crippen molar-refractivity contribution in [3.05, 3.63) is 12.0 Å². The molecule has 3 N–H and O–H groups in total. The van der Waals surface area contributed by atoms with Crippen LogP contribution in [0.4, 0.5) is 5.82 Å². The van der Waals surface area contributed by atoms with Gasteiger partial charge in [-0.3, -0.25) is 0 Å². The van der Waals surface area contributed by atoms with Gasteiger partial charge in [0.15, 0.2) is 11.5 Å². The molecule has 1 rings (SSSR count). The van der Waals surface area contributed by atoms with E-state index >= 15 is 0 Å². The van der Waals surface area contributed by atoms with Gasteiger partial charge in [-0.2, -0.15) is 0 Å². The Bertz CT molecular complexity index is 248. The number of aromatic nitrogens is 2. The van der Waals surface area contributed by atoms with E-state index in [9.17, 15) is 4.79 Å². The maximum Gasteiger partial charge on any atom is 0.358 e. The van der Waals surface area contributed by atoms with Crippen molar-refractivity contribution >= 4 is 24.2 Å². The summed E-state index contributed by atoms with van der Waals surface area (Å²) in [6.07, 6.45) is 1.33. The van der Waals surface area contributed by atoms with Gasteiger partial charge >= 0.3 is 5.97 Å². The number of anilines is 1. The van der Waals surface area contributed by atoms with Crippen LogP contribution in [-0.2, 0) is 4.74 Å². The molecule has 1 aromatic heterocycles. The Kier molecular flexibility index (Phi) is 3.39. The second-order valence-electron chi connectivity index (χ2n) is 1.65. The second-order valence-corrected chi connectivity index (χ2v) is 1.65. The fourth-order valence-electron chi connectivity index (χ4n) is 0.570. The molecule has 11 heavy (non-hydrogen) atoms. The van der Waals surface area contributed by atoms with Crippen LogP contribution >= 0.6 is 12.4 Å². The first-order valence-corrected chi connectivity index (χ1v) is 2.63. The fraction of sp³-hybridized carbons (Fsp3) is 0.200. The minimum absolute atomic E-state index is 0. The summed E-state index contributed by atoms with van der Waals surface area (Å²) in [7, 11) is 1.28. The Morgan fingerprint density at radius 1 is 1.82 bits per heavy atom. The van der Waals surface area contributed by atoms with Gasteiger partial charge in [0.25, 0.3) is 0 Å². The van der Waals surface area contributed by atoms with E-state index < -0.39 is 5.97 Å². The van der Waals surface area contributed by atoms with E-state index in [0.717, 1.165) is 0 Å². The zero-order valence-electron chi connectivity index (χ0n) is 5.83. The summed E-state index contributed by atoms with van der Waals surface area (Å²) >= 11 is 0. The minimum Gasteiger partial charge on any atom is -0.464 e. The minimum atomic E-state index is -0.505. The van der Waals surface area contributed by atoms with Gasteiger partial charge < -0.3 is 15.5 Å². The molecule has 0 fully saturated rings. The molecule has 0 aromatic carbocycles. The van der Waals surface area contributed by atoms with E-state index in [1.807, 2.05) is 0 Å². The van der Waals surface area contributed by atoms with Gasteiger partial charge in [-0.15, -0.1) is 12.4 Å². The number of imidazole rings is 1.